The first-order valence-corrected chi connectivity index (χ1v) is 9.00. The third-order valence-electron chi connectivity index (χ3n) is 4.24. The highest BCUT2D eigenvalue weighted by Gasteiger charge is 2.35. The monoisotopic (exact) mass is 408 g/mol. The molecule has 0 aromatic carbocycles. The minimum absolute atomic E-state index is 0.0300. The molecule has 5 N–H and O–H groups in total. The zero-order chi connectivity index (χ0) is 21.4. The van der Waals surface area contributed by atoms with Gasteiger partial charge in [-0.1, -0.05) is 0 Å². The number of aromatic nitrogens is 1. The van der Waals surface area contributed by atoms with Crippen LogP contribution in [-0.4, -0.2) is 35.7 Å². The van der Waals surface area contributed by atoms with E-state index in [2.05, 4.69) is 20.6 Å². The number of allylic oxidation sites excluding steroid dienone is 2. The number of carbonyl (C=O) groups is 1. The van der Waals surface area contributed by atoms with E-state index in [1.54, 1.807) is 7.05 Å². The average molecular weight is 408 g/mol. The van der Waals surface area contributed by atoms with Gasteiger partial charge in [-0.2, -0.15) is 13.2 Å². The summed E-state index contributed by atoms with van der Waals surface area (Å²) in [4.78, 5) is 20.6. The second-order valence-electron chi connectivity index (χ2n) is 6.39. The Labute approximate surface area is 166 Å². The molecular formula is C19H23F3N6O. The Morgan fingerprint density at radius 3 is 2.79 bits per heavy atom. The van der Waals surface area contributed by atoms with Gasteiger partial charge in [0.15, 0.2) is 0 Å². The van der Waals surface area contributed by atoms with Gasteiger partial charge in [0.1, 0.15) is 11.5 Å². The molecule has 29 heavy (non-hydrogen) atoms. The van der Waals surface area contributed by atoms with Gasteiger partial charge in [0, 0.05) is 30.1 Å². The Balaban J connectivity index is 2.16. The van der Waals surface area contributed by atoms with Crippen molar-refractivity contribution in [3.8, 4) is 0 Å². The number of nitrogens with two attached hydrogens (primary N) is 1. The zero-order valence-corrected chi connectivity index (χ0v) is 15.9. The van der Waals surface area contributed by atoms with Crippen LogP contribution in [0.25, 0.3) is 0 Å². The molecule has 1 aliphatic rings. The van der Waals surface area contributed by atoms with Gasteiger partial charge >= 0.3 is 6.18 Å². The van der Waals surface area contributed by atoms with Crippen molar-refractivity contribution in [1.29, 1.82) is 5.41 Å². The third-order valence-corrected chi connectivity index (χ3v) is 4.24. The molecule has 0 bridgehead atoms. The molecule has 1 fully saturated rings. The Bertz CT molecular complexity index is 858. The number of hydrogen-bond acceptors (Lipinski definition) is 6. The summed E-state index contributed by atoms with van der Waals surface area (Å²) in [6.45, 7) is 0.0300. The highest BCUT2D eigenvalue weighted by molar-refractivity contribution is 6.09. The molecule has 7 nitrogen and oxygen atoms in total. The maximum atomic E-state index is 13.0. The van der Waals surface area contributed by atoms with E-state index in [1.807, 2.05) is 0 Å². The third kappa shape index (κ3) is 6.44. The summed E-state index contributed by atoms with van der Waals surface area (Å²) in [5.41, 5.74) is 5.29. The number of carbonyl (C=O) groups excluding carboxylic acids is 1. The minimum atomic E-state index is -4.59. The van der Waals surface area contributed by atoms with E-state index in [-0.39, 0.29) is 29.9 Å². The summed E-state index contributed by atoms with van der Waals surface area (Å²) in [6.07, 6.45) is 1.74. The van der Waals surface area contributed by atoms with Gasteiger partial charge in [-0.3, -0.25) is 20.2 Å². The lowest BCUT2D eigenvalue weighted by Gasteiger charge is -2.20. The molecular weight excluding hydrogens is 385 g/mol. The van der Waals surface area contributed by atoms with Gasteiger partial charge in [0.05, 0.1) is 12.2 Å². The fraction of sp³-hybridized carbons (Fsp3) is 0.368. The highest BCUT2D eigenvalue weighted by atomic mass is 19.4. The molecule has 10 heteroatoms. The normalized spacial score (nSPS) is 18.0. The molecule has 0 unspecified atom stereocenters. The van der Waals surface area contributed by atoms with Crippen molar-refractivity contribution >= 4 is 17.5 Å². The number of nitrogens with one attached hydrogen (secondary N) is 3. The van der Waals surface area contributed by atoms with E-state index in [4.69, 9.17) is 11.1 Å². The largest absolute Gasteiger partial charge is 0.431 e. The van der Waals surface area contributed by atoms with Crippen LogP contribution >= 0.6 is 0 Å². The van der Waals surface area contributed by atoms with Crippen LogP contribution in [0, 0.1) is 5.41 Å². The van der Waals surface area contributed by atoms with Crippen LogP contribution in [0.3, 0.4) is 0 Å². The van der Waals surface area contributed by atoms with E-state index in [0.717, 1.165) is 6.42 Å². The molecule has 156 valence electrons. The van der Waals surface area contributed by atoms with Crippen molar-refractivity contribution in [1.82, 2.24) is 15.6 Å². The van der Waals surface area contributed by atoms with E-state index >= 15 is 0 Å². The molecule has 1 aliphatic carbocycles. The van der Waals surface area contributed by atoms with Gasteiger partial charge in [0.2, 0.25) is 0 Å². The molecule has 0 saturated heterocycles. The van der Waals surface area contributed by atoms with Crippen LogP contribution in [0.2, 0.25) is 0 Å². The fourth-order valence-corrected chi connectivity index (χ4v) is 2.81. The van der Waals surface area contributed by atoms with Crippen molar-refractivity contribution in [3.63, 3.8) is 0 Å². The summed E-state index contributed by atoms with van der Waals surface area (Å²) >= 11 is 0. The molecule has 0 atom stereocenters. The standard InChI is InChI=1S/C19H23F3N6O/c1-25-8-7-16(23)28-18(29)12-6-9-26-13(10-12)11-27-15-5-3-2-4-14(15)17(24)19(20,21)22/h6-10,25H,2-5,11,24H2,1H3,(H2,23,28,29)/b8-7-,17-14?,27-15?. The lowest BCUT2D eigenvalue weighted by atomic mass is 9.91. The van der Waals surface area contributed by atoms with E-state index in [0.29, 0.717) is 24.2 Å². The predicted molar refractivity (Wildman–Crippen MR) is 105 cm³/mol. The molecule has 0 spiro atoms. The van der Waals surface area contributed by atoms with Crippen LogP contribution < -0.4 is 16.4 Å². The van der Waals surface area contributed by atoms with E-state index < -0.39 is 17.8 Å². The number of aliphatic imine (C=N–C) groups is 1. The number of amidine groups is 1. The van der Waals surface area contributed by atoms with Gasteiger partial charge in [-0.05, 0) is 50.1 Å². The SMILES string of the molecule is CN/C=C\C(=N)NC(=O)c1ccnc(CN=C2CCCCC2=C(N)C(F)(F)F)c1. The molecule has 1 heterocycles. The molecule has 0 aliphatic heterocycles. The van der Waals surface area contributed by atoms with Gasteiger partial charge in [-0.15, -0.1) is 0 Å². The van der Waals surface area contributed by atoms with Gasteiger partial charge < -0.3 is 16.4 Å². The molecule has 1 aromatic heterocycles. The van der Waals surface area contributed by atoms with Crippen molar-refractivity contribution < 1.29 is 18.0 Å². The number of halogens is 3. The first kappa shape index (κ1) is 22.1. The molecule has 0 radical (unpaired) electrons. The first-order chi connectivity index (χ1) is 13.7. The van der Waals surface area contributed by atoms with Crippen molar-refractivity contribution in [3.05, 3.63) is 53.1 Å². The van der Waals surface area contributed by atoms with Crippen molar-refractivity contribution in [2.24, 2.45) is 10.7 Å². The molecule has 1 amide bonds. The summed E-state index contributed by atoms with van der Waals surface area (Å²) in [7, 11) is 1.66. The van der Waals surface area contributed by atoms with E-state index in [9.17, 15) is 18.0 Å². The van der Waals surface area contributed by atoms with Crippen LogP contribution in [-0.2, 0) is 6.54 Å². The average Bonchev–Trinajstić information content (AvgIpc) is 2.70. The number of alkyl halides is 3. The topological polar surface area (TPSA) is 116 Å². The smallest absolute Gasteiger partial charge is 0.394 e. The van der Waals surface area contributed by atoms with Crippen molar-refractivity contribution in [2.45, 2.75) is 38.4 Å². The summed E-state index contributed by atoms with van der Waals surface area (Å²) < 4.78 is 38.9. The molecule has 1 aromatic rings. The van der Waals surface area contributed by atoms with E-state index in [1.165, 1.54) is 30.6 Å². The summed E-state index contributed by atoms with van der Waals surface area (Å²) in [6, 6.07) is 2.97. The number of rotatable bonds is 5. The minimum Gasteiger partial charge on any atom is -0.394 e. The zero-order valence-electron chi connectivity index (χ0n) is 15.9. The predicted octanol–water partition coefficient (Wildman–Crippen LogP) is 2.81. The van der Waals surface area contributed by atoms with Gasteiger partial charge in [-0.25, -0.2) is 0 Å². The first-order valence-electron chi connectivity index (χ1n) is 9.00. The van der Waals surface area contributed by atoms with Crippen LogP contribution in [0.5, 0.6) is 0 Å². The van der Waals surface area contributed by atoms with Crippen LogP contribution in [0.1, 0.15) is 41.7 Å². The van der Waals surface area contributed by atoms with Crippen LogP contribution in [0.15, 0.2) is 46.9 Å². The fourth-order valence-electron chi connectivity index (χ4n) is 2.81. The highest BCUT2D eigenvalue weighted by Crippen LogP contribution is 2.31. The molecule has 2 rings (SSSR count). The summed E-state index contributed by atoms with van der Waals surface area (Å²) in [5, 5.41) is 12.8. The maximum absolute atomic E-state index is 13.0. The number of hydrogen-bond donors (Lipinski definition) is 4. The number of nitrogens with zero attached hydrogens (tertiary/aromatic N) is 2. The van der Waals surface area contributed by atoms with Crippen molar-refractivity contribution in [2.75, 3.05) is 7.05 Å². The summed E-state index contributed by atoms with van der Waals surface area (Å²) in [5.74, 6) is -0.589. The van der Waals surface area contributed by atoms with Crippen LogP contribution in [0.4, 0.5) is 13.2 Å². The number of pyridine rings is 1. The molecule has 1 saturated carbocycles. The lowest BCUT2D eigenvalue weighted by molar-refractivity contribution is -0.0933. The second-order valence-corrected chi connectivity index (χ2v) is 6.39. The second kappa shape index (κ2) is 9.85. The van der Waals surface area contributed by atoms with Gasteiger partial charge in [0.25, 0.3) is 5.91 Å². The Morgan fingerprint density at radius 2 is 2.10 bits per heavy atom. The Kier molecular flexibility index (Phi) is 7.52. The lowest BCUT2D eigenvalue weighted by Crippen LogP contribution is -2.28. The maximum Gasteiger partial charge on any atom is 0.431 e. The quantitative estimate of drug-likeness (QED) is 0.443. The number of amides is 1. The Hall–Kier alpha value is -3.17. The Morgan fingerprint density at radius 1 is 1.38 bits per heavy atom.